The quantitative estimate of drug-likeness (QED) is 0.205. The van der Waals surface area contributed by atoms with E-state index in [0.29, 0.717) is 44.1 Å². The van der Waals surface area contributed by atoms with Crippen LogP contribution in [0.25, 0.3) is 0 Å². The Bertz CT molecular complexity index is 1610. The molecule has 2 fully saturated rings. The molecular formula is C34H36N4O7. The van der Waals surface area contributed by atoms with E-state index in [4.69, 9.17) is 9.47 Å². The molecule has 6 rings (SSSR count). The monoisotopic (exact) mass is 612 g/mol. The van der Waals surface area contributed by atoms with Gasteiger partial charge < -0.3 is 9.47 Å². The molecule has 3 aliphatic rings. The fourth-order valence-corrected chi connectivity index (χ4v) is 5.95. The molecule has 234 valence electrons. The van der Waals surface area contributed by atoms with Gasteiger partial charge in [-0.05, 0) is 74.4 Å². The van der Waals surface area contributed by atoms with Crippen LogP contribution in [0, 0.1) is 0 Å². The highest BCUT2D eigenvalue weighted by Gasteiger charge is 2.46. The fourth-order valence-electron chi connectivity index (χ4n) is 5.95. The number of ketones is 1. The van der Waals surface area contributed by atoms with Crippen molar-refractivity contribution in [3.05, 3.63) is 76.6 Å². The first-order valence-electron chi connectivity index (χ1n) is 15.6. The lowest BCUT2D eigenvalue weighted by Crippen LogP contribution is -2.54. The minimum absolute atomic E-state index is 0.0668. The standard InChI is InChI=1S/C34H36N4O7/c39-24(19-23-20-27(37-36-23)22-6-4-7-22)18-21-10-12-25(13-11-21)44-16-2-1-3-17-45-29-9-5-8-26-31(29)34(43)38(33(26)42)28-14-15-30(40)35-32(28)41/h5,8-13,20,22,28H,1-4,6-7,14-19H2,(H,36,37)(H,35,40,41). The van der Waals surface area contributed by atoms with Crippen molar-refractivity contribution < 1.29 is 33.4 Å². The molecule has 1 aliphatic carbocycles. The number of benzene rings is 2. The van der Waals surface area contributed by atoms with Crippen LogP contribution in [0.3, 0.4) is 0 Å². The first kappa shape index (κ1) is 30.2. The highest BCUT2D eigenvalue weighted by Crippen LogP contribution is 2.36. The molecule has 0 spiro atoms. The van der Waals surface area contributed by atoms with E-state index in [-0.39, 0.29) is 29.8 Å². The average Bonchev–Trinajstić information content (AvgIpc) is 3.54. The van der Waals surface area contributed by atoms with Crippen LogP contribution in [0.1, 0.15) is 95.0 Å². The Hall–Kier alpha value is -4.80. The Morgan fingerprint density at radius 2 is 1.67 bits per heavy atom. The minimum atomic E-state index is -1.01. The van der Waals surface area contributed by atoms with Crippen molar-refractivity contribution in [1.29, 1.82) is 0 Å². The number of aromatic nitrogens is 2. The van der Waals surface area contributed by atoms with E-state index in [1.165, 1.54) is 19.3 Å². The van der Waals surface area contributed by atoms with Crippen molar-refractivity contribution in [1.82, 2.24) is 20.4 Å². The van der Waals surface area contributed by atoms with Gasteiger partial charge in [0.05, 0.1) is 30.0 Å². The Morgan fingerprint density at radius 3 is 2.40 bits per heavy atom. The van der Waals surface area contributed by atoms with Gasteiger partial charge in [-0.15, -0.1) is 0 Å². The summed E-state index contributed by atoms with van der Waals surface area (Å²) in [4.78, 5) is 63.4. The highest BCUT2D eigenvalue weighted by atomic mass is 16.5. The summed E-state index contributed by atoms with van der Waals surface area (Å²) >= 11 is 0. The average molecular weight is 613 g/mol. The lowest BCUT2D eigenvalue weighted by atomic mass is 9.83. The van der Waals surface area contributed by atoms with E-state index in [1.54, 1.807) is 18.2 Å². The van der Waals surface area contributed by atoms with Crippen molar-refractivity contribution in [2.75, 3.05) is 13.2 Å². The molecule has 0 bridgehead atoms. The van der Waals surface area contributed by atoms with Crippen LogP contribution in [-0.2, 0) is 27.2 Å². The number of piperidine rings is 1. The van der Waals surface area contributed by atoms with Gasteiger partial charge >= 0.3 is 0 Å². The van der Waals surface area contributed by atoms with Crippen LogP contribution in [-0.4, -0.2) is 63.8 Å². The zero-order valence-electron chi connectivity index (χ0n) is 25.0. The number of nitrogens with zero attached hydrogens (tertiary/aromatic N) is 2. The van der Waals surface area contributed by atoms with E-state index >= 15 is 0 Å². The van der Waals surface area contributed by atoms with Crippen LogP contribution in [0.4, 0.5) is 0 Å². The first-order chi connectivity index (χ1) is 21.9. The van der Waals surface area contributed by atoms with Crippen LogP contribution in [0.15, 0.2) is 48.5 Å². The van der Waals surface area contributed by atoms with Gasteiger partial charge in [0.25, 0.3) is 11.8 Å². The second-order valence-electron chi connectivity index (χ2n) is 11.9. The summed E-state index contributed by atoms with van der Waals surface area (Å²) in [6, 6.07) is 13.4. The number of hydrogen-bond donors (Lipinski definition) is 2. The van der Waals surface area contributed by atoms with Crippen LogP contribution >= 0.6 is 0 Å². The first-order valence-corrected chi connectivity index (χ1v) is 15.6. The van der Waals surface area contributed by atoms with Gasteiger partial charge in [-0.2, -0.15) is 5.10 Å². The summed E-state index contributed by atoms with van der Waals surface area (Å²) in [6.07, 6.45) is 6.83. The Morgan fingerprint density at radius 1 is 0.889 bits per heavy atom. The van der Waals surface area contributed by atoms with E-state index in [0.717, 1.165) is 40.4 Å². The number of carbonyl (C=O) groups is 5. The topological polar surface area (TPSA) is 148 Å². The summed E-state index contributed by atoms with van der Waals surface area (Å²) in [5, 5.41) is 9.58. The minimum Gasteiger partial charge on any atom is -0.494 e. The molecule has 45 heavy (non-hydrogen) atoms. The molecule has 11 heteroatoms. The normalized spacial score (nSPS) is 18.0. The van der Waals surface area contributed by atoms with E-state index in [2.05, 4.69) is 15.5 Å². The summed E-state index contributed by atoms with van der Waals surface area (Å²) in [6.45, 7) is 0.871. The second kappa shape index (κ2) is 13.5. The summed E-state index contributed by atoms with van der Waals surface area (Å²) in [5.74, 6) is -0.473. The smallest absolute Gasteiger partial charge is 0.266 e. The fraction of sp³-hybridized carbons (Fsp3) is 0.412. The third kappa shape index (κ3) is 6.82. The number of carbonyl (C=O) groups excluding carboxylic acids is 5. The lowest BCUT2D eigenvalue weighted by molar-refractivity contribution is -0.136. The summed E-state index contributed by atoms with van der Waals surface area (Å²) < 4.78 is 11.7. The van der Waals surface area contributed by atoms with E-state index in [9.17, 15) is 24.0 Å². The van der Waals surface area contributed by atoms with Crippen molar-refractivity contribution in [3.63, 3.8) is 0 Å². The maximum atomic E-state index is 13.2. The van der Waals surface area contributed by atoms with Crippen molar-refractivity contribution in [2.45, 2.75) is 76.2 Å². The van der Waals surface area contributed by atoms with Crippen molar-refractivity contribution in [2.24, 2.45) is 0 Å². The number of Topliss-reactive ketones (excluding diaryl/α,β-unsaturated/α-hetero) is 1. The Kier molecular flexibility index (Phi) is 9.04. The molecule has 11 nitrogen and oxygen atoms in total. The molecule has 2 aliphatic heterocycles. The maximum absolute atomic E-state index is 13.2. The van der Waals surface area contributed by atoms with Gasteiger partial charge in [0.15, 0.2) is 0 Å². The van der Waals surface area contributed by atoms with Gasteiger partial charge in [0.1, 0.15) is 23.3 Å². The van der Waals surface area contributed by atoms with Gasteiger partial charge in [0.2, 0.25) is 11.8 Å². The number of fused-ring (bicyclic) bond motifs is 1. The molecule has 1 saturated heterocycles. The number of ether oxygens (including phenoxy) is 2. The summed E-state index contributed by atoms with van der Waals surface area (Å²) in [5.41, 5.74) is 3.24. The molecule has 1 aromatic heterocycles. The SMILES string of the molecule is O=C(Cc1ccc(OCCCCCOc2cccc3c2C(=O)N(C2CCC(=O)NC2=O)C3=O)cc1)Cc1cc(C2CCC2)n[nH]1. The number of nitrogens with one attached hydrogen (secondary N) is 2. The third-order valence-corrected chi connectivity index (χ3v) is 8.63. The van der Waals surface area contributed by atoms with Gasteiger partial charge in [-0.3, -0.25) is 39.3 Å². The van der Waals surface area contributed by atoms with Crippen LogP contribution in [0.5, 0.6) is 11.5 Å². The number of hydrogen-bond acceptors (Lipinski definition) is 8. The second-order valence-corrected chi connectivity index (χ2v) is 11.9. The number of amides is 4. The Labute approximate surface area is 260 Å². The Balaban J connectivity index is 0.898. The molecule has 0 radical (unpaired) electrons. The predicted octanol–water partition coefficient (Wildman–Crippen LogP) is 4.06. The summed E-state index contributed by atoms with van der Waals surface area (Å²) in [7, 11) is 0. The molecule has 1 saturated carbocycles. The van der Waals surface area contributed by atoms with Gasteiger partial charge in [-0.1, -0.05) is 24.6 Å². The predicted molar refractivity (Wildman–Crippen MR) is 162 cm³/mol. The van der Waals surface area contributed by atoms with Gasteiger partial charge in [-0.25, -0.2) is 0 Å². The highest BCUT2D eigenvalue weighted by molar-refractivity contribution is 6.24. The molecule has 1 atom stereocenters. The molecule has 3 heterocycles. The molecule has 4 amide bonds. The van der Waals surface area contributed by atoms with E-state index in [1.807, 2.05) is 30.3 Å². The maximum Gasteiger partial charge on any atom is 0.266 e. The molecule has 2 aromatic carbocycles. The van der Waals surface area contributed by atoms with Crippen LogP contribution < -0.4 is 14.8 Å². The largest absolute Gasteiger partial charge is 0.494 e. The van der Waals surface area contributed by atoms with Crippen molar-refractivity contribution in [3.8, 4) is 11.5 Å². The number of aromatic amines is 1. The molecule has 3 aromatic rings. The van der Waals surface area contributed by atoms with Gasteiger partial charge in [0, 0.05) is 30.9 Å². The zero-order chi connectivity index (χ0) is 31.3. The molecule has 1 unspecified atom stereocenters. The van der Waals surface area contributed by atoms with Crippen LogP contribution in [0.2, 0.25) is 0 Å². The zero-order valence-corrected chi connectivity index (χ0v) is 25.0. The molecular weight excluding hydrogens is 576 g/mol. The lowest BCUT2D eigenvalue weighted by Gasteiger charge is -2.27. The third-order valence-electron chi connectivity index (χ3n) is 8.63. The van der Waals surface area contributed by atoms with Crippen molar-refractivity contribution >= 4 is 29.4 Å². The number of unbranched alkanes of at least 4 members (excludes halogenated alkanes) is 2. The number of rotatable bonds is 14. The number of H-pyrrole nitrogens is 1. The van der Waals surface area contributed by atoms with E-state index < -0.39 is 29.7 Å². The number of imide groups is 2. The molecule has 2 N–H and O–H groups in total.